The van der Waals surface area contributed by atoms with Gasteiger partial charge in [-0.05, 0) is 25.5 Å². The summed E-state index contributed by atoms with van der Waals surface area (Å²) in [6.07, 6.45) is 0. The predicted octanol–water partition coefficient (Wildman–Crippen LogP) is 2.46. The molecule has 5 heteroatoms. The van der Waals surface area contributed by atoms with E-state index in [0.717, 1.165) is 35.3 Å². The number of hydrogen-bond acceptors (Lipinski definition) is 5. The second-order valence-electron chi connectivity index (χ2n) is 3.84. The first-order chi connectivity index (χ1) is 8.20. The van der Waals surface area contributed by atoms with Crippen molar-refractivity contribution in [3.63, 3.8) is 0 Å². The topological polar surface area (TPSA) is 55.0 Å². The van der Waals surface area contributed by atoms with E-state index in [0.29, 0.717) is 0 Å². The van der Waals surface area contributed by atoms with Gasteiger partial charge in [0.05, 0.1) is 0 Å². The molecule has 1 heterocycles. The standard InChI is InChI=1S/C12H16N4S/c1-3-16(12-14-9(2)15-17-12)8-10-6-4-5-7-11(10)13/h4-7H,3,8,13H2,1-2H3. The molecule has 2 rings (SSSR count). The minimum Gasteiger partial charge on any atom is -0.398 e. The molecule has 0 fully saturated rings. The van der Waals surface area contributed by atoms with Crippen molar-refractivity contribution in [1.82, 2.24) is 9.36 Å². The van der Waals surface area contributed by atoms with E-state index in [1.807, 2.05) is 31.2 Å². The highest BCUT2D eigenvalue weighted by Gasteiger charge is 2.11. The lowest BCUT2D eigenvalue weighted by molar-refractivity contribution is 0.825. The Labute approximate surface area is 105 Å². The van der Waals surface area contributed by atoms with Crippen molar-refractivity contribution in [1.29, 1.82) is 0 Å². The van der Waals surface area contributed by atoms with Crippen LogP contribution in [-0.4, -0.2) is 15.9 Å². The maximum atomic E-state index is 5.95. The number of nitrogen functional groups attached to an aromatic ring is 1. The first-order valence-corrected chi connectivity index (χ1v) is 6.36. The smallest absolute Gasteiger partial charge is 0.205 e. The minimum absolute atomic E-state index is 0.776. The molecule has 2 N–H and O–H groups in total. The van der Waals surface area contributed by atoms with Crippen LogP contribution in [0.1, 0.15) is 18.3 Å². The van der Waals surface area contributed by atoms with Gasteiger partial charge in [-0.15, -0.1) is 0 Å². The lowest BCUT2D eigenvalue weighted by atomic mass is 10.2. The largest absolute Gasteiger partial charge is 0.398 e. The summed E-state index contributed by atoms with van der Waals surface area (Å²) >= 11 is 1.43. The fraction of sp³-hybridized carbons (Fsp3) is 0.333. The fourth-order valence-electron chi connectivity index (χ4n) is 1.61. The van der Waals surface area contributed by atoms with Gasteiger partial charge in [0.1, 0.15) is 5.82 Å². The van der Waals surface area contributed by atoms with Crippen molar-refractivity contribution in [3.8, 4) is 0 Å². The number of aromatic nitrogens is 2. The predicted molar refractivity (Wildman–Crippen MR) is 72.2 cm³/mol. The molecule has 4 nitrogen and oxygen atoms in total. The van der Waals surface area contributed by atoms with Gasteiger partial charge in [-0.1, -0.05) is 18.2 Å². The fourth-order valence-corrected chi connectivity index (χ4v) is 2.35. The van der Waals surface area contributed by atoms with Gasteiger partial charge in [-0.3, -0.25) is 0 Å². The molecule has 0 amide bonds. The Morgan fingerprint density at radius 3 is 2.71 bits per heavy atom. The number of aryl methyl sites for hydroxylation is 1. The summed E-state index contributed by atoms with van der Waals surface area (Å²) in [7, 11) is 0. The van der Waals surface area contributed by atoms with Crippen LogP contribution in [-0.2, 0) is 6.54 Å². The van der Waals surface area contributed by atoms with Crippen molar-refractivity contribution in [2.45, 2.75) is 20.4 Å². The average molecular weight is 248 g/mol. The van der Waals surface area contributed by atoms with E-state index in [1.54, 1.807) is 0 Å². The molecule has 0 unspecified atom stereocenters. The highest BCUT2D eigenvalue weighted by molar-refractivity contribution is 7.09. The molecule has 0 aliphatic heterocycles. The van der Waals surface area contributed by atoms with Crippen LogP contribution in [0.5, 0.6) is 0 Å². The zero-order valence-corrected chi connectivity index (χ0v) is 10.9. The van der Waals surface area contributed by atoms with E-state index < -0.39 is 0 Å². The molecule has 90 valence electrons. The van der Waals surface area contributed by atoms with Crippen LogP contribution in [0.4, 0.5) is 10.8 Å². The van der Waals surface area contributed by atoms with E-state index in [-0.39, 0.29) is 0 Å². The van der Waals surface area contributed by atoms with E-state index in [1.165, 1.54) is 11.5 Å². The molecule has 0 atom stereocenters. The molecular formula is C12H16N4S. The summed E-state index contributed by atoms with van der Waals surface area (Å²) in [5.41, 5.74) is 7.90. The van der Waals surface area contributed by atoms with Crippen LogP contribution in [0.3, 0.4) is 0 Å². The molecule has 0 saturated heterocycles. The van der Waals surface area contributed by atoms with Gasteiger partial charge in [-0.25, -0.2) is 4.98 Å². The van der Waals surface area contributed by atoms with Crippen molar-refractivity contribution < 1.29 is 0 Å². The molecule has 0 radical (unpaired) electrons. The van der Waals surface area contributed by atoms with Gasteiger partial charge in [0.2, 0.25) is 5.13 Å². The van der Waals surface area contributed by atoms with Gasteiger partial charge in [0.25, 0.3) is 0 Å². The second-order valence-corrected chi connectivity index (χ2v) is 4.57. The van der Waals surface area contributed by atoms with E-state index in [2.05, 4.69) is 21.2 Å². The molecule has 17 heavy (non-hydrogen) atoms. The Morgan fingerprint density at radius 1 is 1.35 bits per heavy atom. The summed E-state index contributed by atoms with van der Waals surface area (Å²) in [5.74, 6) is 0.824. The third-order valence-electron chi connectivity index (χ3n) is 2.59. The normalized spacial score (nSPS) is 10.5. The number of nitrogens with zero attached hydrogens (tertiary/aromatic N) is 3. The molecule has 1 aromatic heterocycles. The zero-order chi connectivity index (χ0) is 12.3. The third kappa shape index (κ3) is 2.74. The van der Waals surface area contributed by atoms with E-state index in [9.17, 15) is 0 Å². The molecule has 0 bridgehead atoms. The van der Waals surface area contributed by atoms with Crippen LogP contribution in [0, 0.1) is 6.92 Å². The molecule has 2 aromatic rings. The van der Waals surface area contributed by atoms with Gasteiger partial charge >= 0.3 is 0 Å². The molecule has 1 aromatic carbocycles. The van der Waals surface area contributed by atoms with Crippen LogP contribution < -0.4 is 10.6 Å². The van der Waals surface area contributed by atoms with Crippen LogP contribution in [0.2, 0.25) is 0 Å². The monoisotopic (exact) mass is 248 g/mol. The first kappa shape index (κ1) is 11.9. The van der Waals surface area contributed by atoms with Gasteiger partial charge < -0.3 is 10.6 Å². The zero-order valence-electron chi connectivity index (χ0n) is 10.1. The Bertz CT molecular complexity index is 495. The number of nitrogens with two attached hydrogens (primary N) is 1. The maximum absolute atomic E-state index is 5.95. The third-order valence-corrected chi connectivity index (χ3v) is 3.45. The maximum Gasteiger partial charge on any atom is 0.205 e. The van der Waals surface area contributed by atoms with Crippen molar-refractivity contribution in [2.24, 2.45) is 0 Å². The number of hydrogen-bond donors (Lipinski definition) is 1. The summed E-state index contributed by atoms with van der Waals surface area (Å²) in [5, 5.41) is 0.952. The van der Waals surface area contributed by atoms with Gasteiger partial charge in [0.15, 0.2) is 0 Å². The van der Waals surface area contributed by atoms with Gasteiger partial charge in [0, 0.05) is 30.3 Å². The van der Waals surface area contributed by atoms with E-state index in [4.69, 9.17) is 5.73 Å². The van der Waals surface area contributed by atoms with Crippen molar-refractivity contribution in [2.75, 3.05) is 17.2 Å². The molecule has 0 aliphatic rings. The Hall–Kier alpha value is -1.62. The highest BCUT2D eigenvalue weighted by atomic mass is 32.1. The average Bonchev–Trinajstić information content (AvgIpc) is 2.75. The lowest BCUT2D eigenvalue weighted by Crippen LogP contribution is -2.22. The van der Waals surface area contributed by atoms with Crippen molar-refractivity contribution in [3.05, 3.63) is 35.7 Å². The highest BCUT2D eigenvalue weighted by Crippen LogP contribution is 2.21. The lowest BCUT2D eigenvalue weighted by Gasteiger charge is -2.20. The SMILES string of the molecule is CCN(Cc1ccccc1N)c1nc(C)ns1. The Kier molecular flexibility index (Phi) is 3.58. The van der Waals surface area contributed by atoms with Crippen LogP contribution >= 0.6 is 11.5 Å². The quantitative estimate of drug-likeness (QED) is 0.844. The molecule has 0 saturated carbocycles. The minimum atomic E-state index is 0.776. The number of rotatable bonds is 4. The summed E-state index contributed by atoms with van der Waals surface area (Å²) < 4.78 is 4.21. The number of anilines is 2. The van der Waals surface area contributed by atoms with Crippen LogP contribution in [0.15, 0.2) is 24.3 Å². The van der Waals surface area contributed by atoms with E-state index >= 15 is 0 Å². The first-order valence-electron chi connectivity index (χ1n) is 5.59. The summed E-state index contributed by atoms with van der Waals surface area (Å²) in [4.78, 5) is 6.58. The second kappa shape index (κ2) is 5.14. The Morgan fingerprint density at radius 2 is 2.12 bits per heavy atom. The summed E-state index contributed by atoms with van der Waals surface area (Å²) in [6, 6.07) is 7.93. The van der Waals surface area contributed by atoms with Crippen molar-refractivity contribution >= 4 is 22.4 Å². The van der Waals surface area contributed by atoms with Crippen LogP contribution in [0.25, 0.3) is 0 Å². The molecule has 0 spiro atoms. The number of para-hydroxylation sites is 1. The molecular weight excluding hydrogens is 232 g/mol. The Balaban J connectivity index is 2.18. The van der Waals surface area contributed by atoms with Gasteiger partial charge in [-0.2, -0.15) is 4.37 Å². The number of benzene rings is 1. The summed E-state index contributed by atoms with van der Waals surface area (Å²) in [6.45, 7) is 5.68. The molecule has 0 aliphatic carbocycles.